The van der Waals surface area contributed by atoms with Crippen LogP contribution in [0.5, 0.6) is 0 Å². The number of hydrogen-bond acceptors (Lipinski definition) is 2. The predicted octanol–water partition coefficient (Wildman–Crippen LogP) is 3.31. The molecule has 1 aromatic carbocycles. The number of anilines is 1. The first kappa shape index (κ1) is 10.5. The van der Waals surface area contributed by atoms with E-state index in [1.807, 2.05) is 36.6 Å². The lowest BCUT2D eigenvalue weighted by Gasteiger charge is -2.21. The SMILES string of the molecule is Cc1ccsc1C1(C)C(=O)Nc2ccccc21. The van der Waals surface area contributed by atoms with Crippen molar-refractivity contribution in [3.63, 3.8) is 0 Å². The Balaban J connectivity index is 2.27. The smallest absolute Gasteiger partial charge is 0.240 e. The number of carbonyl (C=O) groups is 1. The second-order valence-electron chi connectivity index (χ2n) is 4.56. The van der Waals surface area contributed by atoms with E-state index >= 15 is 0 Å². The molecule has 2 heterocycles. The molecule has 0 fully saturated rings. The normalized spacial score (nSPS) is 22.4. The molecule has 0 radical (unpaired) electrons. The minimum atomic E-state index is -0.533. The van der Waals surface area contributed by atoms with Gasteiger partial charge < -0.3 is 5.32 Å². The number of benzene rings is 1. The van der Waals surface area contributed by atoms with E-state index in [4.69, 9.17) is 0 Å². The van der Waals surface area contributed by atoms with Gasteiger partial charge in [0.25, 0.3) is 0 Å². The monoisotopic (exact) mass is 243 g/mol. The van der Waals surface area contributed by atoms with Gasteiger partial charge in [0.15, 0.2) is 0 Å². The Morgan fingerprint density at radius 2 is 2.00 bits per heavy atom. The Hall–Kier alpha value is -1.61. The molecule has 0 spiro atoms. The van der Waals surface area contributed by atoms with Crippen molar-refractivity contribution in [2.45, 2.75) is 19.3 Å². The summed E-state index contributed by atoms with van der Waals surface area (Å²) in [4.78, 5) is 13.4. The number of aryl methyl sites for hydroxylation is 1. The number of amides is 1. The van der Waals surface area contributed by atoms with Gasteiger partial charge in [-0.1, -0.05) is 18.2 Å². The molecule has 0 bridgehead atoms. The molecule has 1 atom stereocenters. The Kier molecular flexibility index (Phi) is 2.13. The molecule has 2 aromatic rings. The maximum Gasteiger partial charge on any atom is 0.240 e. The number of thiophene rings is 1. The van der Waals surface area contributed by atoms with E-state index < -0.39 is 5.41 Å². The molecule has 3 rings (SSSR count). The zero-order valence-electron chi connectivity index (χ0n) is 9.78. The fraction of sp³-hybridized carbons (Fsp3) is 0.214. The van der Waals surface area contributed by atoms with Crippen molar-refractivity contribution < 1.29 is 4.79 Å². The summed E-state index contributed by atoms with van der Waals surface area (Å²) in [6.07, 6.45) is 0. The minimum absolute atomic E-state index is 0.0734. The van der Waals surface area contributed by atoms with E-state index in [0.717, 1.165) is 16.1 Å². The van der Waals surface area contributed by atoms with Crippen molar-refractivity contribution in [1.82, 2.24) is 0 Å². The molecule has 1 N–H and O–H groups in total. The first-order chi connectivity index (χ1) is 8.14. The summed E-state index contributed by atoms with van der Waals surface area (Å²) in [5, 5.41) is 5.02. The lowest BCUT2D eigenvalue weighted by molar-refractivity contribution is -0.119. The molecule has 1 unspecified atom stereocenters. The van der Waals surface area contributed by atoms with E-state index in [0.29, 0.717) is 0 Å². The average molecular weight is 243 g/mol. The van der Waals surface area contributed by atoms with Gasteiger partial charge in [0.1, 0.15) is 5.41 Å². The fourth-order valence-electron chi connectivity index (χ4n) is 2.51. The van der Waals surface area contributed by atoms with Gasteiger partial charge in [-0.15, -0.1) is 11.3 Å². The first-order valence-electron chi connectivity index (χ1n) is 5.59. The molecule has 1 aliphatic heterocycles. The highest BCUT2D eigenvalue weighted by molar-refractivity contribution is 7.10. The summed E-state index contributed by atoms with van der Waals surface area (Å²) in [7, 11) is 0. The summed E-state index contributed by atoms with van der Waals surface area (Å²) in [5.41, 5.74) is 2.67. The van der Waals surface area contributed by atoms with Crippen molar-refractivity contribution in [3.8, 4) is 0 Å². The third-order valence-electron chi connectivity index (χ3n) is 3.48. The molecule has 1 amide bonds. The fourth-order valence-corrected chi connectivity index (χ4v) is 3.61. The highest BCUT2D eigenvalue weighted by Gasteiger charge is 2.45. The van der Waals surface area contributed by atoms with Crippen LogP contribution in [-0.2, 0) is 10.2 Å². The first-order valence-corrected chi connectivity index (χ1v) is 6.47. The molecule has 0 saturated heterocycles. The number of nitrogens with one attached hydrogen (secondary N) is 1. The van der Waals surface area contributed by atoms with Crippen LogP contribution in [0.15, 0.2) is 35.7 Å². The molecular weight excluding hydrogens is 230 g/mol. The van der Waals surface area contributed by atoms with Crippen molar-refractivity contribution >= 4 is 22.9 Å². The largest absolute Gasteiger partial charge is 0.325 e. The highest BCUT2D eigenvalue weighted by atomic mass is 32.1. The summed E-state index contributed by atoms with van der Waals surface area (Å²) < 4.78 is 0. The van der Waals surface area contributed by atoms with E-state index in [1.54, 1.807) is 11.3 Å². The van der Waals surface area contributed by atoms with Crippen LogP contribution in [0.2, 0.25) is 0 Å². The molecule has 1 aliphatic rings. The molecule has 3 heteroatoms. The third kappa shape index (κ3) is 1.29. The summed E-state index contributed by atoms with van der Waals surface area (Å²) >= 11 is 1.65. The van der Waals surface area contributed by atoms with Crippen LogP contribution < -0.4 is 5.32 Å². The van der Waals surface area contributed by atoms with E-state index in [2.05, 4.69) is 18.3 Å². The molecule has 2 nitrogen and oxygen atoms in total. The van der Waals surface area contributed by atoms with Crippen molar-refractivity contribution in [3.05, 3.63) is 51.7 Å². The van der Waals surface area contributed by atoms with Gasteiger partial charge >= 0.3 is 0 Å². The van der Waals surface area contributed by atoms with E-state index in [9.17, 15) is 4.79 Å². The van der Waals surface area contributed by atoms with Gasteiger partial charge in [0, 0.05) is 10.6 Å². The van der Waals surface area contributed by atoms with Crippen LogP contribution in [0.25, 0.3) is 0 Å². The standard InChI is InChI=1S/C14H13NOS/c1-9-7-8-17-12(9)14(2)10-5-3-4-6-11(10)15-13(14)16/h3-8H,1-2H3,(H,15,16). The Labute approximate surface area is 104 Å². The van der Waals surface area contributed by atoms with Crippen LogP contribution in [0.3, 0.4) is 0 Å². The van der Waals surface area contributed by atoms with Crippen LogP contribution in [0.1, 0.15) is 22.9 Å². The quantitative estimate of drug-likeness (QED) is 0.818. The zero-order chi connectivity index (χ0) is 12.0. The molecule has 17 heavy (non-hydrogen) atoms. The summed E-state index contributed by atoms with van der Waals surface area (Å²) in [5.74, 6) is 0.0734. The van der Waals surface area contributed by atoms with Crippen molar-refractivity contribution in [2.24, 2.45) is 0 Å². The van der Waals surface area contributed by atoms with Crippen LogP contribution in [0.4, 0.5) is 5.69 Å². The van der Waals surface area contributed by atoms with Gasteiger partial charge in [-0.3, -0.25) is 4.79 Å². The Bertz CT molecular complexity index is 602. The van der Waals surface area contributed by atoms with Gasteiger partial charge in [0.2, 0.25) is 5.91 Å². The predicted molar refractivity (Wildman–Crippen MR) is 70.6 cm³/mol. The second kappa shape index (κ2) is 3.44. The van der Waals surface area contributed by atoms with Crippen LogP contribution in [-0.4, -0.2) is 5.91 Å². The van der Waals surface area contributed by atoms with Crippen molar-refractivity contribution in [2.75, 3.05) is 5.32 Å². The second-order valence-corrected chi connectivity index (χ2v) is 5.47. The van der Waals surface area contributed by atoms with Gasteiger partial charge in [-0.2, -0.15) is 0 Å². The molecular formula is C14H13NOS. The Morgan fingerprint density at radius 3 is 2.71 bits per heavy atom. The number of carbonyl (C=O) groups excluding carboxylic acids is 1. The van der Waals surface area contributed by atoms with E-state index in [1.165, 1.54) is 5.56 Å². The number of rotatable bonds is 1. The molecule has 86 valence electrons. The topological polar surface area (TPSA) is 29.1 Å². The van der Waals surface area contributed by atoms with Crippen molar-refractivity contribution in [1.29, 1.82) is 0 Å². The Morgan fingerprint density at radius 1 is 1.24 bits per heavy atom. The van der Waals surface area contributed by atoms with Crippen LogP contribution in [0, 0.1) is 6.92 Å². The van der Waals surface area contributed by atoms with Crippen LogP contribution >= 0.6 is 11.3 Å². The highest BCUT2D eigenvalue weighted by Crippen LogP contribution is 2.45. The zero-order valence-corrected chi connectivity index (χ0v) is 10.6. The lowest BCUT2D eigenvalue weighted by Crippen LogP contribution is -2.31. The maximum atomic E-state index is 12.3. The molecule has 0 saturated carbocycles. The summed E-state index contributed by atoms with van der Waals surface area (Å²) in [6, 6.07) is 10.00. The van der Waals surface area contributed by atoms with Gasteiger partial charge in [-0.05, 0) is 42.5 Å². The van der Waals surface area contributed by atoms with Gasteiger partial charge in [-0.25, -0.2) is 0 Å². The van der Waals surface area contributed by atoms with E-state index in [-0.39, 0.29) is 5.91 Å². The number of hydrogen-bond donors (Lipinski definition) is 1. The summed E-state index contributed by atoms with van der Waals surface area (Å²) in [6.45, 7) is 4.07. The minimum Gasteiger partial charge on any atom is -0.325 e. The maximum absolute atomic E-state index is 12.3. The molecule has 1 aromatic heterocycles. The van der Waals surface area contributed by atoms with Gasteiger partial charge in [0.05, 0.1) is 0 Å². The lowest BCUT2D eigenvalue weighted by atomic mass is 9.81. The third-order valence-corrected chi connectivity index (χ3v) is 4.72. The average Bonchev–Trinajstić information content (AvgIpc) is 2.84. The number of para-hydroxylation sites is 1. The number of fused-ring (bicyclic) bond motifs is 1. The molecule has 0 aliphatic carbocycles.